The number of hydrogen-bond donors (Lipinski definition) is 1. The number of anilines is 1. The number of hydrogen-bond acceptors (Lipinski definition) is 4. The number of rotatable bonds is 6. The first-order chi connectivity index (χ1) is 15.4. The molecule has 0 fully saturated rings. The van der Waals surface area contributed by atoms with E-state index in [2.05, 4.69) is 31.1 Å². The predicted molar refractivity (Wildman–Crippen MR) is 132 cm³/mol. The number of ether oxygens (including phenoxy) is 1. The zero-order valence-corrected chi connectivity index (χ0v) is 19.7. The van der Waals surface area contributed by atoms with Gasteiger partial charge >= 0.3 is 0 Å². The Hall–Kier alpha value is -2.92. The SMILES string of the molecule is CC(C)(C)C1CCc2nc(NC(=O)/C=C/c3ccc(OCc4ccccc4)cc3)sc2C1. The number of aromatic nitrogens is 1. The Morgan fingerprint density at radius 3 is 2.62 bits per heavy atom. The van der Waals surface area contributed by atoms with Crippen molar-refractivity contribution in [2.75, 3.05) is 5.32 Å². The van der Waals surface area contributed by atoms with E-state index in [1.54, 1.807) is 23.5 Å². The molecule has 0 saturated heterocycles. The van der Waals surface area contributed by atoms with Gasteiger partial charge in [0.05, 0.1) is 5.69 Å². The number of aryl methyl sites for hydroxylation is 1. The minimum Gasteiger partial charge on any atom is -0.489 e. The fourth-order valence-electron chi connectivity index (χ4n) is 3.90. The van der Waals surface area contributed by atoms with Gasteiger partial charge in [-0.25, -0.2) is 4.98 Å². The summed E-state index contributed by atoms with van der Waals surface area (Å²) in [6, 6.07) is 17.8. The van der Waals surface area contributed by atoms with Gasteiger partial charge in [-0.2, -0.15) is 0 Å². The van der Waals surface area contributed by atoms with Crippen LogP contribution < -0.4 is 10.1 Å². The van der Waals surface area contributed by atoms with Crippen molar-refractivity contribution in [1.82, 2.24) is 4.98 Å². The summed E-state index contributed by atoms with van der Waals surface area (Å²) in [6.07, 6.45) is 6.58. The van der Waals surface area contributed by atoms with E-state index in [-0.39, 0.29) is 5.91 Å². The van der Waals surface area contributed by atoms with Gasteiger partial charge in [0.2, 0.25) is 5.91 Å². The molecule has 2 aromatic carbocycles. The maximum Gasteiger partial charge on any atom is 0.250 e. The molecule has 0 bridgehead atoms. The van der Waals surface area contributed by atoms with Crippen molar-refractivity contribution in [3.8, 4) is 5.75 Å². The number of nitrogens with zero attached hydrogens (tertiary/aromatic N) is 1. The number of benzene rings is 2. The molecule has 32 heavy (non-hydrogen) atoms. The number of carbonyl (C=O) groups excluding carboxylic acids is 1. The summed E-state index contributed by atoms with van der Waals surface area (Å²) < 4.78 is 5.81. The third-order valence-electron chi connectivity index (χ3n) is 5.95. The van der Waals surface area contributed by atoms with Crippen molar-refractivity contribution in [3.63, 3.8) is 0 Å². The average molecular weight is 447 g/mol. The molecule has 4 nitrogen and oxygen atoms in total. The molecule has 0 saturated carbocycles. The van der Waals surface area contributed by atoms with Gasteiger partial charge in [0.1, 0.15) is 12.4 Å². The third kappa shape index (κ3) is 5.86. The molecular formula is C27H30N2O2S. The van der Waals surface area contributed by atoms with Crippen molar-refractivity contribution in [2.24, 2.45) is 11.3 Å². The smallest absolute Gasteiger partial charge is 0.250 e. The molecule has 5 heteroatoms. The highest BCUT2D eigenvalue weighted by Crippen LogP contribution is 2.40. The molecule has 1 amide bonds. The standard InChI is InChI=1S/C27H30N2O2S/c1-27(2,3)21-12-15-23-24(17-21)32-26(28-23)29-25(30)16-11-19-9-13-22(14-10-19)31-18-20-7-5-4-6-8-20/h4-11,13-14,16,21H,12,15,17-18H2,1-3H3,(H,28,29,30)/b16-11+. The zero-order chi connectivity index (χ0) is 22.6. The van der Waals surface area contributed by atoms with Crippen LogP contribution in [0.3, 0.4) is 0 Å². The molecule has 1 unspecified atom stereocenters. The first kappa shape index (κ1) is 22.3. The van der Waals surface area contributed by atoms with E-state index in [1.807, 2.05) is 54.6 Å². The molecule has 4 rings (SSSR count). The number of carbonyl (C=O) groups is 1. The van der Waals surface area contributed by atoms with Crippen LogP contribution in [0.15, 0.2) is 60.7 Å². The van der Waals surface area contributed by atoms with E-state index in [1.165, 1.54) is 11.3 Å². The quantitative estimate of drug-likeness (QED) is 0.438. The van der Waals surface area contributed by atoms with Gasteiger partial charge in [0.15, 0.2) is 5.13 Å². The number of amides is 1. The van der Waals surface area contributed by atoms with Gasteiger partial charge in [-0.15, -0.1) is 11.3 Å². The first-order valence-corrected chi connectivity index (χ1v) is 11.9. The zero-order valence-electron chi connectivity index (χ0n) is 18.9. The highest BCUT2D eigenvalue weighted by atomic mass is 32.1. The lowest BCUT2D eigenvalue weighted by atomic mass is 9.73. The molecule has 1 heterocycles. The molecule has 1 aliphatic rings. The molecular weight excluding hydrogens is 416 g/mol. The second kappa shape index (κ2) is 9.70. The van der Waals surface area contributed by atoms with Gasteiger partial charge < -0.3 is 4.74 Å². The second-order valence-corrected chi connectivity index (χ2v) is 10.4. The fraction of sp³-hybridized carbons (Fsp3) is 0.333. The lowest BCUT2D eigenvalue weighted by molar-refractivity contribution is -0.111. The fourth-order valence-corrected chi connectivity index (χ4v) is 4.99. The molecule has 1 N–H and O–H groups in total. The van der Waals surface area contributed by atoms with Crippen LogP contribution in [0.2, 0.25) is 0 Å². The maximum atomic E-state index is 12.4. The molecule has 0 aliphatic heterocycles. The highest BCUT2D eigenvalue weighted by molar-refractivity contribution is 7.15. The lowest BCUT2D eigenvalue weighted by Gasteiger charge is -2.33. The molecule has 0 spiro atoms. The van der Waals surface area contributed by atoms with Crippen molar-refractivity contribution >= 4 is 28.5 Å². The van der Waals surface area contributed by atoms with Gasteiger partial charge in [0.25, 0.3) is 0 Å². The van der Waals surface area contributed by atoms with E-state index >= 15 is 0 Å². The van der Waals surface area contributed by atoms with E-state index in [9.17, 15) is 4.79 Å². The largest absolute Gasteiger partial charge is 0.489 e. The summed E-state index contributed by atoms with van der Waals surface area (Å²) in [5.74, 6) is 1.31. The van der Waals surface area contributed by atoms with E-state index in [0.29, 0.717) is 23.1 Å². The first-order valence-electron chi connectivity index (χ1n) is 11.1. The van der Waals surface area contributed by atoms with Crippen molar-refractivity contribution in [1.29, 1.82) is 0 Å². The normalized spacial score (nSPS) is 16.0. The Kier molecular flexibility index (Phi) is 6.75. The molecule has 1 aromatic heterocycles. The van der Waals surface area contributed by atoms with Crippen LogP contribution in [0.4, 0.5) is 5.13 Å². The summed E-state index contributed by atoms with van der Waals surface area (Å²) in [5, 5.41) is 3.63. The second-order valence-electron chi connectivity index (χ2n) is 9.36. The molecule has 166 valence electrons. The molecule has 1 aliphatic carbocycles. The van der Waals surface area contributed by atoms with Crippen LogP contribution in [0, 0.1) is 11.3 Å². The Labute approximate surface area is 194 Å². The summed E-state index contributed by atoms with van der Waals surface area (Å²) in [5.41, 5.74) is 3.53. The van der Waals surface area contributed by atoms with Gasteiger partial charge in [0, 0.05) is 11.0 Å². The number of fused-ring (bicyclic) bond motifs is 1. The summed E-state index contributed by atoms with van der Waals surface area (Å²) >= 11 is 1.62. The number of nitrogens with one attached hydrogen (secondary N) is 1. The summed E-state index contributed by atoms with van der Waals surface area (Å²) in [4.78, 5) is 18.4. The van der Waals surface area contributed by atoms with Crippen LogP contribution >= 0.6 is 11.3 Å². The van der Waals surface area contributed by atoms with Gasteiger partial charge in [-0.3, -0.25) is 10.1 Å². The van der Waals surface area contributed by atoms with Crippen LogP contribution in [0.5, 0.6) is 5.75 Å². The van der Waals surface area contributed by atoms with E-state index < -0.39 is 0 Å². The Morgan fingerprint density at radius 2 is 1.91 bits per heavy atom. The van der Waals surface area contributed by atoms with E-state index in [4.69, 9.17) is 4.74 Å². The minimum absolute atomic E-state index is 0.159. The van der Waals surface area contributed by atoms with Crippen molar-refractivity contribution < 1.29 is 9.53 Å². The van der Waals surface area contributed by atoms with E-state index in [0.717, 1.165) is 35.4 Å². The average Bonchev–Trinajstić information content (AvgIpc) is 3.18. The Bertz CT molecular complexity index is 1080. The predicted octanol–water partition coefficient (Wildman–Crippen LogP) is 6.53. The van der Waals surface area contributed by atoms with Gasteiger partial charge in [-0.1, -0.05) is 63.2 Å². The summed E-state index contributed by atoms with van der Waals surface area (Å²) in [7, 11) is 0. The Balaban J connectivity index is 1.30. The third-order valence-corrected chi connectivity index (χ3v) is 6.99. The van der Waals surface area contributed by atoms with Crippen LogP contribution in [0.25, 0.3) is 6.08 Å². The lowest BCUT2D eigenvalue weighted by Crippen LogP contribution is -2.26. The molecule has 3 aromatic rings. The number of thiazole rings is 1. The van der Waals surface area contributed by atoms with Crippen LogP contribution in [0.1, 0.15) is 48.9 Å². The van der Waals surface area contributed by atoms with Crippen molar-refractivity contribution in [2.45, 2.75) is 46.6 Å². The molecule has 0 radical (unpaired) electrons. The van der Waals surface area contributed by atoms with Crippen LogP contribution in [-0.2, 0) is 24.2 Å². The van der Waals surface area contributed by atoms with Crippen molar-refractivity contribution in [3.05, 3.63) is 82.4 Å². The Morgan fingerprint density at radius 1 is 1.16 bits per heavy atom. The molecule has 1 atom stereocenters. The minimum atomic E-state index is -0.159. The van der Waals surface area contributed by atoms with Crippen LogP contribution in [-0.4, -0.2) is 10.9 Å². The monoisotopic (exact) mass is 446 g/mol. The maximum absolute atomic E-state index is 12.4. The topological polar surface area (TPSA) is 51.2 Å². The highest BCUT2D eigenvalue weighted by Gasteiger charge is 2.30. The summed E-state index contributed by atoms with van der Waals surface area (Å²) in [6.45, 7) is 7.45. The van der Waals surface area contributed by atoms with Gasteiger partial charge in [-0.05, 0) is 59.9 Å².